The van der Waals surface area contributed by atoms with Crippen molar-refractivity contribution >= 4 is 17.4 Å². The van der Waals surface area contributed by atoms with E-state index in [1.165, 1.54) is 10.5 Å². The number of benzene rings is 2. The van der Waals surface area contributed by atoms with Crippen LogP contribution in [-0.4, -0.2) is 5.75 Å². The molecule has 0 aliphatic rings. The Morgan fingerprint density at radius 2 is 1.56 bits per heavy atom. The van der Waals surface area contributed by atoms with Crippen molar-refractivity contribution in [2.24, 2.45) is 0 Å². The van der Waals surface area contributed by atoms with E-state index in [9.17, 15) is 0 Å². The molecule has 0 spiro atoms. The van der Waals surface area contributed by atoms with Crippen molar-refractivity contribution < 1.29 is 0 Å². The number of hydrogen-bond donors (Lipinski definition) is 1. The quantitative estimate of drug-likeness (QED) is 0.634. The molecule has 0 amide bonds. The van der Waals surface area contributed by atoms with E-state index in [1.807, 2.05) is 30.0 Å². The number of hydrogen-bond acceptors (Lipinski definition) is 2. The molecule has 2 rings (SSSR count). The van der Waals surface area contributed by atoms with Gasteiger partial charge in [0.15, 0.2) is 0 Å². The minimum absolute atomic E-state index is 0.839. The Morgan fingerprint density at radius 3 is 2.25 bits per heavy atom. The Bertz CT molecular complexity index is 480. The van der Waals surface area contributed by atoms with Crippen LogP contribution in [0.4, 0.5) is 5.69 Å². The molecule has 0 fully saturated rings. The molecule has 2 aromatic rings. The predicted octanol–water partition coefficient (Wildman–Crippen LogP) is 4.05. The molecule has 1 nitrogen and oxygen atoms in total. The average molecular weight is 229 g/mol. The van der Waals surface area contributed by atoms with Crippen molar-refractivity contribution in [2.75, 3.05) is 11.5 Å². The third kappa shape index (κ3) is 2.22. The molecular formula is C14H15NS. The zero-order chi connectivity index (χ0) is 11.4. The Kier molecular flexibility index (Phi) is 3.52. The molecule has 0 saturated heterocycles. The van der Waals surface area contributed by atoms with E-state index >= 15 is 0 Å². The first kappa shape index (κ1) is 11.1. The Balaban J connectivity index is 2.51. The Hall–Kier alpha value is -1.41. The smallest absolute Gasteiger partial charge is 0.0394 e. The number of nitrogens with two attached hydrogens (primary N) is 1. The van der Waals surface area contributed by atoms with Crippen LogP contribution >= 0.6 is 11.8 Å². The minimum Gasteiger partial charge on any atom is -0.398 e. The summed E-state index contributed by atoms with van der Waals surface area (Å²) >= 11 is 1.85. The average Bonchev–Trinajstić information content (AvgIpc) is 2.31. The molecule has 2 heteroatoms. The first-order valence-electron chi connectivity index (χ1n) is 5.39. The van der Waals surface area contributed by atoms with Crippen LogP contribution in [0.2, 0.25) is 0 Å². The second-order valence-electron chi connectivity index (χ2n) is 3.52. The molecule has 0 aliphatic carbocycles. The number of para-hydroxylation sites is 1. The lowest BCUT2D eigenvalue weighted by atomic mass is 10.0. The summed E-state index contributed by atoms with van der Waals surface area (Å²) in [6, 6.07) is 16.4. The standard InChI is InChI=1S/C14H15NS/c1-2-16-14-10-6-4-8-12(14)11-7-3-5-9-13(11)15/h3-10H,2,15H2,1H3. The van der Waals surface area contributed by atoms with Crippen molar-refractivity contribution in [1.29, 1.82) is 0 Å². The number of rotatable bonds is 3. The number of thioether (sulfide) groups is 1. The molecule has 0 aromatic heterocycles. The highest BCUT2D eigenvalue weighted by molar-refractivity contribution is 7.99. The highest BCUT2D eigenvalue weighted by Crippen LogP contribution is 2.34. The van der Waals surface area contributed by atoms with Gasteiger partial charge in [0.25, 0.3) is 0 Å². The van der Waals surface area contributed by atoms with Gasteiger partial charge >= 0.3 is 0 Å². The van der Waals surface area contributed by atoms with Gasteiger partial charge < -0.3 is 5.73 Å². The van der Waals surface area contributed by atoms with Gasteiger partial charge in [0.05, 0.1) is 0 Å². The monoisotopic (exact) mass is 229 g/mol. The highest BCUT2D eigenvalue weighted by Gasteiger charge is 2.06. The fourth-order valence-electron chi connectivity index (χ4n) is 1.71. The van der Waals surface area contributed by atoms with Crippen molar-refractivity contribution in [3.8, 4) is 11.1 Å². The molecule has 0 aliphatic heterocycles. The SMILES string of the molecule is CCSc1ccccc1-c1ccccc1N. The van der Waals surface area contributed by atoms with Crippen LogP contribution in [0.15, 0.2) is 53.4 Å². The second-order valence-corrected chi connectivity index (χ2v) is 4.82. The van der Waals surface area contributed by atoms with E-state index < -0.39 is 0 Å². The minimum atomic E-state index is 0.839. The molecule has 2 aromatic carbocycles. The summed E-state index contributed by atoms with van der Waals surface area (Å²) in [5, 5.41) is 0. The summed E-state index contributed by atoms with van der Waals surface area (Å²) in [4.78, 5) is 1.29. The van der Waals surface area contributed by atoms with E-state index in [2.05, 4.69) is 37.3 Å². The Morgan fingerprint density at radius 1 is 0.938 bits per heavy atom. The molecule has 0 bridgehead atoms. The predicted molar refractivity (Wildman–Crippen MR) is 72.7 cm³/mol. The van der Waals surface area contributed by atoms with Crippen LogP contribution in [-0.2, 0) is 0 Å². The van der Waals surface area contributed by atoms with E-state index in [1.54, 1.807) is 0 Å². The number of nitrogen functional groups attached to an aromatic ring is 1. The molecule has 0 unspecified atom stereocenters. The van der Waals surface area contributed by atoms with Gasteiger partial charge in [-0.25, -0.2) is 0 Å². The Labute approximate surface area is 101 Å². The fourth-order valence-corrected chi connectivity index (χ4v) is 2.53. The van der Waals surface area contributed by atoms with Crippen LogP contribution in [0.1, 0.15) is 6.92 Å². The van der Waals surface area contributed by atoms with Gasteiger partial charge in [0.1, 0.15) is 0 Å². The number of anilines is 1. The lowest BCUT2D eigenvalue weighted by Crippen LogP contribution is -1.90. The second kappa shape index (κ2) is 5.08. The molecule has 0 saturated carbocycles. The largest absolute Gasteiger partial charge is 0.398 e. The van der Waals surface area contributed by atoms with Gasteiger partial charge in [0.2, 0.25) is 0 Å². The van der Waals surface area contributed by atoms with E-state index in [-0.39, 0.29) is 0 Å². The van der Waals surface area contributed by atoms with Crippen molar-refractivity contribution in [3.63, 3.8) is 0 Å². The molecule has 82 valence electrons. The first-order chi connectivity index (χ1) is 7.83. The van der Waals surface area contributed by atoms with E-state index in [4.69, 9.17) is 5.73 Å². The topological polar surface area (TPSA) is 26.0 Å². The van der Waals surface area contributed by atoms with E-state index in [0.717, 1.165) is 17.0 Å². The van der Waals surface area contributed by atoms with Crippen LogP contribution < -0.4 is 5.73 Å². The van der Waals surface area contributed by atoms with Crippen molar-refractivity contribution in [3.05, 3.63) is 48.5 Å². The van der Waals surface area contributed by atoms with Crippen LogP contribution in [0, 0.1) is 0 Å². The normalized spacial score (nSPS) is 10.3. The van der Waals surface area contributed by atoms with Crippen LogP contribution in [0.3, 0.4) is 0 Å². The zero-order valence-corrected chi connectivity index (χ0v) is 10.1. The molecule has 16 heavy (non-hydrogen) atoms. The first-order valence-corrected chi connectivity index (χ1v) is 6.38. The van der Waals surface area contributed by atoms with Gasteiger partial charge in [-0.3, -0.25) is 0 Å². The van der Waals surface area contributed by atoms with Crippen molar-refractivity contribution in [2.45, 2.75) is 11.8 Å². The van der Waals surface area contributed by atoms with Crippen LogP contribution in [0.25, 0.3) is 11.1 Å². The van der Waals surface area contributed by atoms with Crippen molar-refractivity contribution in [1.82, 2.24) is 0 Å². The maximum Gasteiger partial charge on any atom is 0.0394 e. The van der Waals surface area contributed by atoms with Gasteiger partial charge in [-0.1, -0.05) is 43.3 Å². The summed E-state index contributed by atoms with van der Waals surface area (Å²) in [6.07, 6.45) is 0. The fraction of sp³-hybridized carbons (Fsp3) is 0.143. The summed E-state index contributed by atoms with van der Waals surface area (Å²) in [7, 11) is 0. The van der Waals surface area contributed by atoms with Gasteiger partial charge in [-0.2, -0.15) is 0 Å². The summed E-state index contributed by atoms with van der Waals surface area (Å²) in [5.41, 5.74) is 9.20. The van der Waals surface area contributed by atoms with Gasteiger partial charge in [0, 0.05) is 16.1 Å². The molecule has 2 N–H and O–H groups in total. The molecular weight excluding hydrogens is 214 g/mol. The molecule has 0 radical (unpaired) electrons. The third-order valence-corrected chi connectivity index (χ3v) is 3.39. The molecule has 0 heterocycles. The third-order valence-electron chi connectivity index (χ3n) is 2.44. The summed E-state index contributed by atoms with van der Waals surface area (Å²) in [6.45, 7) is 2.16. The van der Waals surface area contributed by atoms with E-state index in [0.29, 0.717) is 0 Å². The van der Waals surface area contributed by atoms with Gasteiger partial charge in [-0.15, -0.1) is 11.8 Å². The maximum atomic E-state index is 6.01. The maximum absolute atomic E-state index is 6.01. The molecule has 0 atom stereocenters. The van der Waals surface area contributed by atoms with Crippen LogP contribution in [0.5, 0.6) is 0 Å². The zero-order valence-electron chi connectivity index (χ0n) is 9.31. The lowest BCUT2D eigenvalue weighted by molar-refractivity contribution is 1.42. The summed E-state index contributed by atoms with van der Waals surface area (Å²) in [5.74, 6) is 1.07. The van der Waals surface area contributed by atoms with Gasteiger partial charge in [-0.05, 0) is 23.4 Å². The summed E-state index contributed by atoms with van der Waals surface area (Å²) < 4.78 is 0. The lowest BCUT2D eigenvalue weighted by Gasteiger charge is -2.10. The highest BCUT2D eigenvalue weighted by atomic mass is 32.2.